The molecule has 0 aliphatic heterocycles. The SMILES string of the molecule is CCN(C)C(C)(C)CNC(=O)c1nc(NC(=O)N[C@H]2CC[C@@H](Oc3ccc4nnc(C(C)(C)COC)n4c3)c3ccccc32)cc(C(C)(C)C)n1. The molecule has 4 aromatic rings. The molecule has 0 saturated heterocycles. The maximum absolute atomic E-state index is 13.5. The third-order valence-electron chi connectivity index (χ3n) is 9.63. The van der Waals surface area contributed by atoms with E-state index < -0.39 is 11.9 Å². The molecule has 3 amide bonds. The summed E-state index contributed by atoms with van der Waals surface area (Å²) < 4.78 is 14.0. The van der Waals surface area contributed by atoms with Gasteiger partial charge in [-0.05, 0) is 63.5 Å². The number of likely N-dealkylation sites (N-methyl/N-ethyl adjacent to an activating group) is 1. The van der Waals surface area contributed by atoms with Crippen LogP contribution in [0.2, 0.25) is 0 Å². The smallest absolute Gasteiger partial charge is 0.320 e. The Kier molecular flexibility index (Phi) is 11.0. The standard InChI is InChI=1S/C38H53N9O4/c1-11-46(9)38(7,8)22-39-33(48)32-41-29(36(2,3)4)20-30(42-32)43-35(49)40-27-17-18-28(26-15-13-12-14-25(26)27)51-24-16-19-31-44-45-34(47(31)21-24)37(5,6)23-50-10/h12-16,19-21,27-28H,11,17-18,22-23H2,1-10H3,(H,39,48)(H2,40,41,42,43,49)/t27-,28+/m0/s1. The summed E-state index contributed by atoms with van der Waals surface area (Å²) in [7, 11) is 3.69. The van der Waals surface area contributed by atoms with Crippen molar-refractivity contribution in [1.82, 2.24) is 40.1 Å². The van der Waals surface area contributed by atoms with Gasteiger partial charge in [-0.15, -0.1) is 10.2 Å². The minimum Gasteiger partial charge on any atom is -0.484 e. The van der Waals surface area contributed by atoms with Crippen molar-refractivity contribution in [2.75, 3.05) is 39.2 Å². The maximum Gasteiger partial charge on any atom is 0.320 e. The first-order valence-corrected chi connectivity index (χ1v) is 17.6. The monoisotopic (exact) mass is 699 g/mol. The van der Waals surface area contributed by atoms with Gasteiger partial charge in [0.25, 0.3) is 5.91 Å². The molecule has 0 saturated carbocycles. The first-order chi connectivity index (χ1) is 24.0. The van der Waals surface area contributed by atoms with Gasteiger partial charge in [0.15, 0.2) is 5.65 Å². The zero-order valence-electron chi connectivity index (χ0n) is 31.6. The largest absolute Gasteiger partial charge is 0.484 e. The van der Waals surface area contributed by atoms with E-state index in [0.29, 0.717) is 37.4 Å². The number of aromatic nitrogens is 5. The minimum atomic E-state index is -0.422. The van der Waals surface area contributed by atoms with E-state index >= 15 is 0 Å². The van der Waals surface area contributed by atoms with Crippen LogP contribution >= 0.6 is 0 Å². The summed E-state index contributed by atoms with van der Waals surface area (Å²) in [4.78, 5) is 37.9. The highest BCUT2D eigenvalue weighted by Crippen LogP contribution is 2.39. The van der Waals surface area contributed by atoms with Crippen molar-refractivity contribution < 1.29 is 19.1 Å². The fraction of sp³-hybridized carbons (Fsp3) is 0.526. The lowest BCUT2D eigenvalue weighted by Gasteiger charge is -2.34. The molecule has 2 atom stereocenters. The molecular formula is C38H53N9O4. The Bertz CT molecular complexity index is 1860. The molecule has 0 bridgehead atoms. The Morgan fingerprint density at radius 2 is 1.71 bits per heavy atom. The fourth-order valence-corrected chi connectivity index (χ4v) is 6.26. The molecule has 0 fully saturated rings. The molecule has 3 heterocycles. The lowest BCUT2D eigenvalue weighted by molar-refractivity contribution is 0.0897. The molecule has 1 aliphatic carbocycles. The van der Waals surface area contributed by atoms with E-state index in [-0.39, 0.29) is 40.2 Å². The Balaban J connectivity index is 1.31. The van der Waals surface area contributed by atoms with E-state index in [4.69, 9.17) is 9.47 Å². The second kappa shape index (κ2) is 14.9. The van der Waals surface area contributed by atoms with Gasteiger partial charge in [-0.25, -0.2) is 14.8 Å². The predicted molar refractivity (Wildman–Crippen MR) is 197 cm³/mol. The normalized spacial score (nSPS) is 16.5. The number of fused-ring (bicyclic) bond motifs is 2. The molecule has 0 spiro atoms. The van der Waals surface area contributed by atoms with Crippen LogP contribution in [0, 0.1) is 0 Å². The first kappa shape index (κ1) is 37.6. The maximum atomic E-state index is 13.5. The predicted octanol–water partition coefficient (Wildman–Crippen LogP) is 5.98. The zero-order valence-corrected chi connectivity index (χ0v) is 31.6. The van der Waals surface area contributed by atoms with Crippen LogP contribution in [0.15, 0.2) is 48.7 Å². The fourth-order valence-electron chi connectivity index (χ4n) is 6.26. The van der Waals surface area contributed by atoms with Gasteiger partial charge in [-0.2, -0.15) is 0 Å². The van der Waals surface area contributed by atoms with Gasteiger partial charge in [-0.3, -0.25) is 19.4 Å². The lowest BCUT2D eigenvalue weighted by atomic mass is 9.85. The Labute approximate surface area is 300 Å². The molecule has 3 aromatic heterocycles. The van der Waals surface area contributed by atoms with Gasteiger partial charge in [-0.1, -0.05) is 65.8 Å². The highest BCUT2D eigenvalue weighted by Gasteiger charge is 2.31. The second-order valence-corrected chi connectivity index (χ2v) is 15.6. The molecule has 51 heavy (non-hydrogen) atoms. The Morgan fingerprint density at radius 3 is 2.39 bits per heavy atom. The van der Waals surface area contributed by atoms with Crippen molar-refractivity contribution in [2.45, 2.75) is 96.7 Å². The number of nitrogens with zero attached hydrogens (tertiary/aromatic N) is 6. The summed E-state index contributed by atoms with van der Waals surface area (Å²) in [6.07, 6.45) is 3.04. The third-order valence-corrected chi connectivity index (χ3v) is 9.63. The average molecular weight is 700 g/mol. The van der Waals surface area contributed by atoms with Gasteiger partial charge < -0.3 is 20.1 Å². The molecule has 13 heteroatoms. The van der Waals surface area contributed by atoms with Crippen LogP contribution in [0.5, 0.6) is 5.75 Å². The number of amides is 3. The topological polar surface area (TPSA) is 148 Å². The number of carbonyl (C=O) groups is 2. The van der Waals surface area contributed by atoms with Gasteiger partial charge in [0.2, 0.25) is 5.82 Å². The first-order valence-electron chi connectivity index (χ1n) is 17.6. The zero-order chi connectivity index (χ0) is 37.1. The van der Waals surface area contributed by atoms with Crippen molar-refractivity contribution in [2.24, 2.45) is 0 Å². The van der Waals surface area contributed by atoms with Crippen LogP contribution in [-0.4, -0.2) is 80.8 Å². The van der Waals surface area contributed by atoms with Crippen molar-refractivity contribution >= 4 is 23.4 Å². The van der Waals surface area contributed by atoms with Gasteiger partial charge >= 0.3 is 6.03 Å². The number of methoxy groups -OCH3 is 1. The number of carbonyl (C=O) groups excluding carboxylic acids is 2. The van der Waals surface area contributed by atoms with Crippen molar-refractivity contribution in [3.05, 3.63) is 77.1 Å². The van der Waals surface area contributed by atoms with E-state index in [9.17, 15) is 9.59 Å². The molecule has 3 N–H and O–H groups in total. The lowest BCUT2D eigenvalue weighted by Crippen LogP contribution is -2.50. The van der Waals surface area contributed by atoms with Crippen LogP contribution < -0.4 is 20.7 Å². The number of hydrogen-bond donors (Lipinski definition) is 3. The van der Waals surface area contributed by atoms with Gasteiger partial charge in [0, 0.05) is 36.1 Å². The number of pyridine rings is 1. The van der Waals surface area contributed by atoms with Crippen LogP contribution in [-0.2, 0) is 15.6 Å². The molecule has 1 aromatic carbocycles. The van der Waals surface area contributed by atoms with Crippen LogP contribution in [0.25, 0.3) is 5.65 Å². The Hall–Kier alpha value is -4.62. The number of ether oxygens (including phenoxy) is 2. The van der Waals surface area contributed by atoms with Crippen LogP contribution in [0.3, 0.4) is 0 Å². The molecule has 0 radical (unpaired) electrons. The Morgan fingerprint density at radius 1 is 0.980 bits per heavy atom. The second-order valence-electron chi connectivity index (χ2n) is 15.6. The molecule has 274 valence electrons. The number of urea groups is 1. The summed E-state index contributed by atoms with van der Waals surface area (Å²) >= 11 is 0. The summed E-state index contributed by atoms with van der Waals surface area (Å²) in [5.74, 6) is 1.35. The van der Waals surface area contributed by atoms with Crippen LogP contribution in [0.1, 0.15) is 114 Å². The van der Waals surface area contributed by atoms with E-state index in [1.54, 1.807) is 13.2 Å². The summed E-state index contributed by atoms with van der Waals surface area (Å²) in [5.41, 5.74) is 2.37. The molecule has 5 rings (SSSR count). The highest BCUT2D eigenvalue weighted by molar-refractivity contribution is 5.92. The summed E-state index contributed by atoms with van der Waals surface area (Å²) in [6, 6.07) is 12.9. The summed E-state index contributed by atoms with van der Waals surface area (Å²) in [6.45, 7) is 18.1. The summed E-state index contributed by atoms with van der Waals surface area (Å²) in [5, 5.41) is 17.8. The number of rotatable bonds is 12. The minimum absolute atomic E-state index is 0.00900. The molecular weight excluding hydrogens is 646 g/mol. The van der Waals surface area contributed by atoms with Crippen molar-refractivity contribution in [3.8, 4) is 5.75 Å². The molecule has 13 nitrogen and oxygen atoms in total. The molecule has 1 aliphatic rings. The molecule has 0 unspecified atom stereocenters. The number of hydrogen-bond acceptors (Lipinski definition) is 9. The van der Waals surface area contributed by atoms with E-state index in [1.807, 2.05) is 74.8 Å². The van der Waals surface area contributed by atoms with Gasteiger partial charge in [0.1, 0.15) is 23.5 Å². The third kappa shape index (κ3) is 8.65. The van der Waals surface area contributed by atoms with E-state index in [1.165, 1.54) is 0 Å². The van der Waals surface area contributed by atoms with Crippen LogP contribution in [0.4, 0.5) is 10.6 Å². The average Bonchev–Trinajstić information content (AvgIpc) is 3.52. The number of benzene rings is 1. The number of anilines is 1. The van der Waals surface area contributed by atoms with Crippen molar-refractivity contribution in [1.29, 1.82) is 0 Å². The van der Waals surface area contributed by atoms with Crippen molar-refractivity contribution in [3.63, 3.8) is 0 Å². The quantitative estimate of drug-likeness (QED) is 0.163. The highest BCUT2D eigenvalue weighted by atomic mass is 16.5. The number of nitrogens with one attached hydrogen (secondary N) is 3. The van der Waals surface area contributed by atoms with Gasteiger partial charge in [0.05, 0.1) is 24.5 Å². The van der Waals surface area contributed by atoms with E-state index in [2.05, 4.69) is 75.6 Å². The van der Waals surface area contributed by atoms with E-state index in [0.717, 1.165) is 29.1 Å².